The first-order valence-corrected chi connectivity index (χ1v) is 4.81. The number of nitrogens with two attached hydrogens (primary N) is 1. The highest BCUT2D eigenvalue weighted by molar-refractivity contribution is 5.74. The molecule has 0 saturated heterocycles. The van der Waals surface area contributed by atoms with Gasteiger partial charge in [-0.25, -0.2) is 4.98 Å². The molecule has 0 aliphatic heterocycles. The number of carbonyl (C=O) groups excluding carboxylic acids is 1. The average Bonchev–Trinajstić information content (AvgIpc) is 2.20. The van der Waals surface area contributed by atoms with Crippen molar-refractivity contribution in [2.45, 2.75) is 19.5 Å². The Morgan fingerprint density at radius 3 is 2.71 bits per heavy atom. The predicted octanol–water partition coefficient (Wildman–Crippen LogP) is 1.79. The quantitative estimate of drug-likeness (QED) is 0.828. The van der Waals surface area contributed by atoms with Gasteiger partial charge in [-0.1, -0.05) is 0 Å². The SMILES string of the molecule is CCOC(=O)Cc1cc(C(F)(F)F)ncc1N. The summed E-state index contributed by atoms with van der Waals surface area (Å²) in [6.45, 7) is 1.77. The number of carbonyl (C=O) groups is 1. The van der Waals surface area contributed by atoms with E-state index in [2.05, 4.69) is 9.72 Å². The van der Waals surface area contributed by atoms with Gasteiger partial charge in [-0.05, 0) is 18.6 Å². The minimum Gasteiger partial charge on any atom is -0.466 e. The van der Waals surface area contributed by atoms with Gasteiger partial charge in [0.15, 0.2) is 0 Å². The highest BCUT2D eigenvalue weighted by atomic mass is 19.4. The van der Waals surface area contributed by atoms with Gasteiger partial charge in [0.25, 0.3) is 0 Å². The van der Waals surface area contributed by atoms with E-state index >= 15 is 0 Å². The van der Waals surface area contributed by atoms with Crippen molar-refractivity contribution >= 4 is 11.7 Å². The maximum Gasteiger partial charge on any atom is 0.433 e. The van der Waals surface area contributed by atoms with Gasteiger partial charge in [-0.3, -0.25) is 4.79 Å². The summed E-state index contributed by atoms with van der Waals surface area (Å²) in [5.41, 5.74) is 4.46. The Balaban J connectivity index is 2.95. The molecule has 1 rings (SSSR count). The largest absolute Gasteiger partial charge is 0.466 e. The van der Waals surface area contributed by atoms with Crippen LogP contribution in [0.1, 0.15) is 18.2 Å². The molecular weight excluding hydrogens is 237 g/mol. The molecule has 0 fully saturated rings. The molecule has 0 spiro atoms. The second-order valence-electron chi connectivity index (χ2n) is 3.25. The molecule has 4 nitrogen and oxygen atoms in total. The summed E-state index contributed by atoms with van der Waals surface area (Å²) >= 11 is 0. The monoisotopic (exact) mass is 248 g/mol. The van der Waals surface area contributed by atoms with E-state index in [4.69, 9.17) is 5.73 Å². The van der Waals surface area contributed by atoms with Gasteiger partial charge >= 0.3 is 12.1 Å². The zero-order chi connectivity index (χ0) is 13.1. The van der Waals surface area contributed by atoms with Crippen LogP contribution in [0.3, 0.4) is 0 Å². The van der Waals surface area contributed by atoms with Crippen molar-refractivity contribution in [3.8, 4) is 0 Å². The number of nitrogens with zero attached hydrogens (tertiary/aromatic N) is 1. The van der Waals surface area contributed by atoms with Crippen LogP contribution in [-0.4, -0.2) is 17.6 Å². The molecule has 0 aromatic carbocycles. The van der Waals surface area contributed by atoms with Gasteiger partial charge < -0.3 is 10.5 Å². The van der Waals surface area contributed by atoms with Crippen molar-refractivity contribution in [2.75, 3.05) is 12.3 Å². The highest BCUT2D eigenvalue weighted by Crippen LogP contribution is 2.29. The van der Waals surface area contributed by atoms with Crippen LogP contribution in [0.5, 0.6) is 0 Å². The van der Waals surface area contributed by atoms with Crippen molar-refractivity contribution in [3.05, 3.63) is 23.5 Å². The Bertz CT molecular complexity index is 419. The van der Waals surface area contributed by atoms with Crippen LogP contribution in [0, 0.1) is 0 Å². The molecule has 0 aliphatic carbocycles. The number of esters is 1. The Labute approximate surface area is 95.6 Å². The number of rotatable bonds is 3. The standard InChI is InChI=1S/C10H11F3N2O2/c1-2-17-9(16)4-6-3-8(10(11,12)13)15-5-7(6)14/h3,5H,2,4,14H2,1H3. The van der Waals surface area contributed by atoms with Gasteiger partial charge in [0.05, 0.1) is 24.9 Å². The first-order chi connectivity index (χ1) is 7.84. The number of ether oxygens (including phenoxy) is 1. The fourth-order valence-corrected chi connectivity index (χ4v) is 1.18. The van der Waals surface area contributed by atoms with Crippen molar-refractivity contribution < 1.29 is 22.7 Å². The van der Waals surface area contributed by atoms with E-state index in [1.54, 1.807) is 6.92 Å². The number of nitrogen functional groups attached to an aromatic ring is 1. The number of pyridine rings is 1. The lowest BCUT2D eigenvalue weighted by Gasteiger charge is -2.09. The molecule has 0 atom stereocenters. The van der Waals surface area contributed by atoms with Crippen LogP contribution >= 0.6 is 0 Å². The van der Waals surface area contributed by atoms with E-state index in [1.165, 1.54) is 0 Å². The number of hydrogen-bond acceptors (Lipinski definition) is 4. The molecule has 17 heavy (non-hydrogen) atoms. The van der Waals surface area contributed by atoms with Crippen LogP contribution < -0.4 is 5.73 Å². The number of aromatic nitrogens is 1. The van der Waals surface area contributed by atoms with E-state index in [9.17, 15) is 18.0 Å². The molecular formula is C10H11F3N2O2. The van der Waals surface area contributed by atoms with Gasteiger partial charge in [0, 0.05) is 0 Å². The lowest BCUT2D eigenvalue weighted by atomic mass is 10.1. The molecule has 0 aliphatic rings. The Kier molecular flexibility index (Phi) is 3.93. The van der Waals surface area contributed by atoms with Crippen LogP contribution in [0.2, 0.25) is 0 Å². The fraction of sp³-hybridized carbons (Fsp3) is 0.400. The smallest absolute Gasteiger partial charge is 0.433 e. The number of hydrogen-bond donors (Lipinski definition) is 1. The zero-order valence-corrected chi connectivity index (χ0v) is 9.04. The lowest BCUT2D eigenvalue weighted by molar-refractivity contribution is -0.143. The highest BCUT2D eigenvalue weighted by Gasteiger charge is 2.33. The number of alkyl halides is 3. The van der Waals surface area contributed by atoms with E-state index in [-0.39, 0.29) is 24.3 Å². The Morgan fingerprint density at radius 2 is 2.18 bits per heavy atom. The summed E-state index contributed by atoms with van der Waals surface area (Å²) in [6, 6.07) is 0.756. The normalized spacial score (nSPS) is 11.3. The molecule has 0 saturated carbocycles. The third kappa shape index (κ3) is 3.61. The fourth-order valence-electron chi connectivity index (χ4n) is 1.18. The Morgan fingerprint density at radius 1 is 1.53 bits per heavy atom. The van der Waals surface area contributed by atoms with Crippen LogP contribution in [0.4, 0.5) is 18.9 Å². The molecule has 7 heteroatoms. The molecule has 1 heterocycles. The van der Waals surface area contributed by atoms with Crippen molar-refractivity contribution in [3.63, 3.8) is 0 Å². The maximum atomic E-state index is 12.4. The molecule has 0 unspecified atom stereocenters. The van der Waals surface area contributed by atoms with Gasteiger partial charge in [-0.15, -0.1) is 0 Å². The Hall–Kier alpha value is -1.79. The molecule has 0 bridgehead atoms. The molecule has 0 radical (unpaired) electrons. The minimum atomic E-state index is -4.56. The summed E-state index contributed by atoms with van der Waals surface area (Å²) < 4.78 is 41.7. The molecule has 1 aromatic rings. The summed E-state index contributed by atoms with van der Waals surface area (Å²) in [5, 5.41) is 0. The van der Waals surface area contributed by atoms with Gasteiger partial charge in [0.1, 0.15) is 5.69 Å². The van der Waals surface area contributed by atoms with E-state index in [1.807, 2.05) is 0 Å². The average molecular weight is 248 g/mol. The van der Waals surface area contributed by atoms with Crippen molar-refractivity contribution in [1.82, 2.24) is 4.98 Å². The second kappa shape index (κ2) is 5.03. The third-order valence-electron chi connectivity index (χ3n) is 1.96. The van der Waals surface area contributed by atoms with Gasteiger partial charge in [-0.2, -0.15) is 13.2 Å². The van der Waals surface area contributed by atoms with Gasteiger partial charge in [0.2, 0.25) is 0 Å². The van der Waals surface area contributed by atoms with E-state index in [0.29, 0.717) is 0 Å². The predicted molar refractivity (Wildman–Crippen MR) is 54.0 cm³/mol. The van der Waals surface area contributed by atoms with E-state index < -0.39 is 17.8 Å². The van der Waals surface area contributed by atoms with Crippen LogP contribution in [-0.2, 0) is 22.1 Å². The molecule has 2 N–H and O–H groups in total. The van der Waals surface area contributed by atoms with E-state index in [0.717, 1.165) is 12.3 Å². The molecule has 94 valence electrons. The summed E-state index contributed by atoms with van der Waals surface area (Å²) in [7, 11) is 0. The minimum absolute atomic E-state index is 0.0334. The zero-order valence-electron chi connectivity index (χ0n) is 9.04. The van der Waals surface area contributed by atoms with Crippen molar-refractivity contribution in [2.24, 2.45) is 0 Å². The maximum absolute atomic E-state index is 12.4. The lowest BCUT2D eigenvalue weighted by Crippen LogP contribution is -2.13. The second-order valence-corrected chi connectivity index (χ2v) is 3.25. The topological polar surface area (TPSA) is 65.2 Å². The van der Waals surface area contributed by atoms with Crippen molar-refractivity contribution in [1.29, 1.82) is 0 Å². The molecule has 1 aromatic heterocycles. The van der Waals surface area contributed by atoms with Crippen LogP contribution in [0.15, 0.2) is 12.3 Å². The summed E-state index contributed by atoms with van der Waals surface area (Å²) in [5.74, 6) is -0.626. The summed E-state index contributed by atoms with van der Waals surface area (Å²) in [6.07, 6.45) is -3.97. The number of halogens is 3. The van der Waals surface area contributed by atoms with Crippen LogP contribution in [0.25, 0.3) is 0 Å². The third-order valence-corrected chi connectivity index (χ3v) is 1.96. The first-order valence-electron chi connectivity index (χ1n) is 4.81. The first kappa shape index (κ1) is 13.3. The number of anilines is 1. The molecule has 0 amide bonds. The summed E-state index contributed by atoms with van der Waals surface area (Å²) in [4.78, 5) is 14.3.